The van der Waals surface area contributed by atoms with Crippen LogP contribution in [0.4, 0.5) is 0 Å². The van der Waals surface area contributed by atoms with E-state index in [4.69, 9.17) is 9.84 Å². The van der Waals surface area contributed by atoms with E-state index >= 15 is 0 Å². The molecule has 25 heavy (non-hydrogen) atoms. The van der Waals surface area contributed by atoms with Crippen molar-refractivity contribution in [3.8, 4) is 0 Å². The molecule has 5 heteroatoms. The number of benzene rings is 2. The first-order valence-electron chi connectivity index (χ1n) is 8.38. The summed E-state index contributed by atoms with van der Waals surface area (Å²) in [5, 5.41) is 9.10. The molecule has 0 spiro atoms. The van der Waals surface area contributed by atoms with Gasteiger partial charge in [-0.05, 0) is 41.7 Å². The van der Waals surface area contributed by atoms with Crippen LogP contribution in [0, 0.1) is 0 Å². The summed E-state index contributed by atoms with van der Waals surface area (Å²) in [5.74, 6) is -1.00. The molecule has 2 aromatic rings. The minimum absolute atomic E-state index is 0.0561. The number of aromatic carboxylic acids is 1. The summed E-state index contributed by atoms with van der Waals surface area (Å²) in [6.45, 7) is 1.64. The Bertz CT molecular complexity index is 758. The van der Waals surface area contributed by atoms with Crippen LogP contribution in [0.2, 0.25) is 0 Å². The van der Waals surface area contributed by atoms with Crippen LogP contribution in [0.5, 0.6) is 0 Å². The van der Waals surface area contributed by atoms with Crippen LogP contribution in [0.3, 0.4) is 0 Å². The molecule has 0 saturated carbocycles. The summed E-state index contributed by atoms with van der Waals surface area (Å²) in [6.07, 6.45) is 1.52. The first kappa shape index (κ1) is 17.2. The van der Waals surface area contributed by atoms with Crippen molar-refractivity contribution in [2.45, 2.75) is 19.4 Å². The molecule has 0 aliphatic carbocycles. The van der Waals surface area contributed by atoms with Crippen molar-refractivity contribution < 1.29 is 19.4 Å². The van der Waals surface area contributed by atoms with E-state index in [0.29, 0.717) is 19.7 Å². The number of nitrogens with zero attached hydrogens (tertiary/aromatic N) is 1. The summed E-state index contributed by atoms with van der Waals surface area (Å²) >= 11 is 0. The fourth-order valence-corrected chi connectivity index (χ4v) is 2.99. The third kappa shape index (κ3) is 4.45. The monoisotopic (exact) mass is 339 g/mol. The Morgan fingerprint density at radius 1 is 1.08 bits per heavy atom. The molecule has 0 unspecified atom stereocenters. The smallest absolute Gasteiger partial charge is 0.335 e. The largest absolute Gasteiger partial charge is 0.478 e. The first-order valence-corrected chi connectivity index (χ1v) is 8.38. The maximum Gasteiger partial charge on any atom is 0.335 e. The fourth-order valence-electron chi connectivity index (χ4n) is 2.99. The van der Waals surface area contributed by atoms with Crippen molar-refractivity contribution in [1.29, 1.82) is 0 Å². The standard InChI is InChI=1S/C20H21NO4/c22-19(14-25-11-9-15-4-2-1-3-5-15)21-10-8-16-6-7-17(20(23)24)12-18(16)13-21/h1-7,12H,8-11,13-14H2,(H,23,24). The summed E-state index contributed by atoms with van der Waals surface area (Å²) in [6, 6.07) is 15.1. The highest BCUT2D eigenvalue weighted by molar-refractivity contribution is 5.88. The van der Waals surface area contributed by atoms with E-state index < -0.39 is 5.97 Å². The predicted molar refractivity (Wildman–Crippen MR) is 93.5 cm³/mol. The number of carbonyl (C=O) groups excluding carboxylic acids is 1. The highest BCUT2D eigenvalue weighted by Crippen LogP contribution is 2.20. The van der Waals surface area contributed by atoms with Crippen molar-refractivity contribution in [2.24, 2.45) is 0 Å². The lowest BCUT2D eigenvalue weighted by Gasteiger charge is -2.29. The topological polar surface area (TPSA) is 66.8 Å². The van der Waals surface area contributed by atoms with Crippen LogP contribution in [0.15, 0.2) is 48.5 Å². The van der Waals surface area contributed by atoms with Crippen LogP contribution in [0.25, 0.3) is 0 Å². The Morgan fingerprint density at radius 2 is 1.88 bits per heavy atom. The predicted octanol–water partition coefficient (Wildman–Crippen LogP) is 2.53. The maximum absolute atomic E-state index is 12.3. The molecule has 0 atom stereocenters. The zero-order chi connectivity index (χ0) is 17.6. The molecule has 1 aliphatic rings. The van der Waals surface area contributed by atoms with Crippen LogP contribution < -0.4 is 0 Å². The first-order chi connectivity index (χ1) is 12.1. The van der Waals surface area contributed by atoms with E-state index in [1.807, 2.05) is 36.4 Å². The normalized spacial score (nSPS) is 13.4. The lowest BCUT2D eigenvalue weighted by Crippen LogP contribution is -2.38. The van der Waals surface area contributed by atoms with Gasteiger partial charge in [0.05, 0.1) is 12.2 Å². The van der Waals surface area contributed by atoms with Crippen LogP contribution >= 0.6 is 0 Å². The molecule has 0 radical (unpaired) electrons. The third-order valence-corrected chi connectivity index (χ3v) is 4.42. The van der Waals surface area contributed by atoms with Gasteiger partial charge in [0, 0.05) is 13.1 Å². The molecular weight excluding hydrogens is 318 g/mol. The van der Waals surface area contributed by atoms with Gasteiger partial charge in [-0.15, -0.1) is 0 Å². The van der Waals surface area contributed by atoms with Crippen molar-refractivity contribution in [3.05, 3.63) is 70.8 Å². The summed E-state index contributed by atoms with van der Waals surface area (Å²) < 4.78 is 5.52. The summed E-state index contributed by atoms with van der Waals surface area (Å²) in [7, 11) is 0. The Labute approximate surface area is 146 Å². The molecule has 1 heterocycles. The zero-order valence-corrected chi connectivity index (χ0v) is 14.0. The lowest BCUT2D eigenvalue weighted by molar-refractivity contribution is -0.137. The van der Waals surface area contributed by atoms with Gasteiger partial charge in [-0.3, -0.25) is 4.79 Å². The molecule has 1 N–H and O–H groups in total. The van der Waals surface area contributed by atoms with E-state index in [0.717, 1.165) is 24.0 Å². The Morgan fingerprint density at radius 3 is 2.64 bits per heavy atom. The second kappa shape index (κ2) is 7.94. The molecule has 1 aliphatic heterocycles. The van der Waals surface area contributed by atoms with Crippen LogP contribution in [0.1, 0.15) is 27.0 Å². The molecule has 2 aromatic carbocycles. The summed E-state index contributed by atoms with van der Waals surface area (Å²) in [5.41, 5.74) is 3.46. The number of rotatable bonds is 6. The number of hydrogen-bond acceptors (Lipinski definition) is 3. The van der Waals surface area contributed by atoms with Gasteiger partial charge in [0.15, 0.2) is 0 Å². The zero-order valence-electron chi connectivity index (χ0n) is 14.0. The Balaban J connectivity index is 1.50. The van der Waals surface area contributed by atoms with Gasteiger partial charge in [-0.2, -0.15) is 0 Å². The third-order valence-electron chi connectivity index (χ3n) is 4.42. The van der Waals surface area contributed by atoms with Gasteiger partial charge >= 0.3 is 5.97 Å². The highest BCUT2D eigenvalue weighted by Gasteiger charge is 2.21. The van der Waals surface area contributed by atoms with E-state index in [2.05, 4.69) is 0 Å². The van der Waals surface area contributed by atoms with Gasteiger partial charge < -0.3 is 14.7 Å². The molecule has 1 amide bonds. The fraction of sp³-hybridized carbons (Fsp3) is 0.300. The molecule has 3 rings (SSSR count). The lowest BCUT2D eigenvalue weighted by atomic mass is 9.97. The van der Waals surface area contributed by atoms with Gasteiger partial charge in [0.25, 0.3) is 0 Å². The quantitative estimate of drug-likeness (QED) is 0.821. The van der Waals surface area contributed by atoms with E-state index in [-0.39, 0.29) is 18.1 Å². The summed E-state index contributed by atoms with van der Waals surface area (Å²) in [4.78, 5) is 25.1. The number of amides is 1. The van der Waals surface area contributed by atoms with Gasteiger partial charge in [-0.1, -0.05) is 36.4 Å². The minimum Gasteiger partial charge on any atom is -0.478 e. The van der Waals surface area contributed by atoms with Crippen molar-refractivity contribution in [3.63, 3.8) is 0 Å². The number of carbonyl (C=O) groups is 2. The van der Waals surface area contributed by atoms with Crippen molar-refractivity contribution >= 4 is 11.9 Å². The molecule has 0 fully saturated rings. The number of ether oxygens (including phenoxy) is 1. The van der Waals surface area contributed by atoms with Gasteiger partial charge in [0.2, 0.25) is 5.91 Å². The van der Waals surface area contributed by atoms with E-state index in [1.165, 1.54) is 5.56 Å². The van der Waals surface area contributed by atoms with Crippen LogP contribution in [-0.2, 0) is 28.9 Å². The van der Waals surface area contributed by atoms with Gasteiger partial charge in [-0.25, -0.2) is 4.79 Å². The van der Waals surface area contributed by atoms with Crippen molar-refractivity contribution in [2.75, 3.05) is 19.8 Å². The Hall–Kier alpha value is -2.66. The number of fused-ring (bicyclic) bond motifs is 1. The van der Waals surface area contributed by atoms with Crippen molar-refractivity contribution in [1.82, 2.24) is 4.90 Å². The van der Waals surface area contributed by atoms with Gasteiger partial charge in [0.1, 0.15) is 6.61 Å². The average Bonchev–Trinajstić information content (AvgIpc) is 2.65. The van der Waals surface area contributed by atoms with E-state index in [9.17, 15) is 9.59 Å². The SMILES string of the molecule is O=C(O)c1ccc2c(c1)CN(C(=O)COCCc1ccccc1)CC2. The molecule has 130 valence electrons. The minimum atomic E-state index is -0.949. The molecule has 0 aromatic heterocycles. The number of carboxylic acid groups (broad SMARTS) is 1. The number of carboxylic acids is 1. The highest BCUT2D eigenvalue weighted by atomic mass is 16.5. The van der Waals surface area contributed by atoms with E-state index in [1.54, 1.807) is 17.0 Å². The van der Waals surface area contributed by atoms with Crippen LogP contribution in [-0.4, -0.2) is 41.6 Å². The average molecular weight is 339 g/mol. The number of hydrogen-bond donors (Lipinski definition) is 1. The molecule has 0 saturated heterocycles. The second-order valence-corrected chi connectivity index (χ2v) is 6.14. The maximum atomic E-state index is 12.3. The Kier molecular flexibility index (Phi) is 5.46. The molecule has 0 bridgehead atoms. The molecule has 5 nitrogen and oxygen atoms in total. The second-order valence-electron chi connectivity index (χ2n) is 6.14. The molecular formula is C20H21NO4.